The second-order valence-corrected chi connectivity index (χ2v) is 16.9. The summed E-state index contributed by atoms with van der Waals surface area (Å²) in [6, 6.07) is 9.09. The smallest absolute Gasteiger partial charge is 0.408 e. The Hall–Kier alpha value is -5.51. The molecule has 3 fully saturated rings. The van der Waals surface area contributed by atoms with Crippen LogP contribution in [0, 0.1) is 11.7 Å². The number of fused-ring (bicyclic) bond motifs is 6. The van der Waals surface area contributed by atoms with E-state index in [1.807, 2.05) is 30.4 Å². The fourth-order valence-corrected chi connectivity index (χ4v) is 9.14. The van der Waals surface area contributed by atoms with Crippen molar-refractivity contribution in [2.24, 2.45) is 5.92 Å². The molecule has 2 aliphatic carbocycles. The van der Waals surface area contributed by atoms with Crippen LogP contribution in [0.15, 0.2) is 71.7 Å². The highest BCUT2D eigenvalue weighted by molar-refractivity contribution is 7.91. The third-order valence-electron chi connectivity index (χ3n) is 11.0. The molecule has 4 amide bonds. The molecule has 16 heteroatoms. The Morgan fingerprint density at radius 2 is 1.93 bits per heavy atom. The van der Waals surface area contributed by atoms with Crippen LogP contribution in [0.3, 0.4) is 0 Å². The number of allylic oxidation sites excluding steroid dienone is 1. The number of nitrogens with one attached hydrogen (secondary N) is 3. The number of ether oxygens (including phenoxy) is 2. The van der Waals surface area contributed by atoms with E-state index < -0.39 is 74.5 Å². The number of para-hydroxylation sites is 1. The highest BCUT2D eigenvalue weighted by atomic mass is 32.2. The first-order valence-electron chi connectivity index (χ1n) is 18.9. The van der Waals surface area contributed by atoms with Gasteiger partial charge in [-0.1, -0.05) is 49.8 Å². The lowest BCUT2D eigenvalue weighted by Crippen LogP contribution is -2.58. The molecule has 294 valence electrons. The topological polar surface area (TPSA) is 186 Å². The van der Waals surface area contributed by atoms with Crippen LogP contribution in [0.5, 0.6) is 5.75 Å². The van der Waals surface area contributed by atoms with Gasteiger partial charge in [0.15, 0.2) is 11.3 Å². The minimum absolute atomic E-state index is 0.0648. The Labute approximate surface area is 321 Å². The number of alkyl carbamates (subject to hydrolysis) is 1. The van der Waals surface area contributed by atoms with Gasteiger partial charge in [-0.3, -0.25) is 19.1 Å². The zero-order chi connectivity index (χ0) is 39.2. The fourth-order valence-electron chi connectivity index (χ4n) is 7.78. The second kappa shape index (κ2) is 14.9. The van der Waals surface area contributed by atoms with Gasteiger partial charge in [0.1, 0.15) is 47.3 Å². The molecule has 1 saturated heterocycles. The lowest BCUT2D eigenvalue weighted by Gasteiger charge is -2.29. The van der Waals surface area contributed by atoms with Crippen molar-refractivity contribution in [3.63, 3.8) is 0 Å². The van der Waals surface area contributed by atoms with Crippen molar-refractivity contribution in [3.05, 3.63) is 73.1 Å². The van der Waals surface area contributed by atoms with Gasteiger partial charge < -0.3 is 29.4 Å². The molecule has 14 nitrogen and oxygen atoms in total. The molecule has 0 radical (unpaired) electrons. The normalized spacial score (nSPS) is 26.3. The van der Waals surface area contributed by atoms with E-state index in [0.717, 1.165) is 12.8 Å². The molecule has 3 N–H and O–H groups in total. The molecule has 2 aromatic carbocycles. The molecule has 4 aromatic rings. The maximum atomic E-state index is 14.8. The van der Waals surface area contributed by atoms with Gasteiger partial charge in [-0.05, 0) is 68.9 Å². The third kappa shape index (κ3) is 7.29. The summed E-state index contributed by atoms with van der Waals surface area (Å²) in [4.78, 5) is 61.6. The van der Waals surface area contributed by atoms with Crippen molar-refractivity contribution in [2.45, 2.75) is 86.8 Å². The van der Waals surface area contributed by atoms with Gasteiger partial charge in [0.25, 0.3) is 5.91 Å². The Morgan fingerprint density at radius 3 is 2.73 bits per heavy atom. The largest absolute Gasteiger partial charge is 0.484 e. The molecule has 0 unspecified atom stereocenters. The number of benzene rings is 2. The van der Waals surface area contributed by atoms with Crippen molar-refractivity contribution in [2.75, 3.05) is 13.2 Å². The lowest BCUT2D eigenvalue weighted by molar-refractivity contribution is -0.141. The van der Waals surface area contributed by atoms with Crippen molar-refractivity contribution in [1.29, 1.82) is 0 Å². The van der Waals surface area contributed by atoms with Crippen LogP contribution >= 0.6 is 0 Å². The summed E-state index contributed by atoms with van der Waals surface area (Å²) in [7, 11) is -3.93. The molecular weight excluding hydrogens is 746 g/mol. The van der Waals surface area contributed by atoms with E-state index in [-0.39, 0.29) is 43.7 Å². The third-order valence-corrected chi connectivity index (χ3v) is 12.8. The van der Waals surface area contributed by atoms with Crippen molar-refractivity contribution in [1.82, 2.24) is 25.2 Å². The predicted octanol–water partition coefficient (Wildman–Crippen LogP) is 4.91. The average molecular weight is 788 g/mol. The number of hydrogen-bond acceptors (Lipinski definition) is 10. The van der Waals surface area contributed by atoms with E-state index in [2.05, 4.69) is 21.9 Å². The quantitative estimate of drug-likeness (QED) is 0.207. The zero-order valence-electron chi connectivity index (χ0n) is 30.5. The number of carbonyl (C=O) groups excluding carboxylic acids is 4. The molecule has 0 bridgehead atoms. The number of nitrogens with zero attached hydrogens (tertiary/aromatic N) is 2. The van der Waals surface area contributed by atoms with Crippen molar-refractivity contribution >= 4 is 66.8 Å². The molecule has 0 spiro atoms. The molecule has 4 aliphatic rings. The van der Waals surface area contributed by atoms with Crippen LogP contribution in [0.25, 0.3) is 33.0 Å². The fraction of sp³-hybridized carbons (Fsp3) is 0.425. The Bertz CT molecular complexity index is 2400. The van der Waals surface area contributed by atoms with Gasteiger partial charge >= 0.3 is 6.09 Å². The van der Waals surface area contributed by atoms with Crippen molar-refractivity contribution < 1.29 is 45.9 Å². The SMILES string of the molecule is C=CCOC(=O)N[C@H]1CCCCC/C=C\[C@@H]2C[C@@]2(C(=O)NS(=O)(=O)C2CC2)NC(=O)[C@@H]2C[C@@H](Oc3c4cc(F)ccc4nc4c3oc3ccccc34)CN2C1=O. The van der Waals surface area contributed by atoms with E-state index >= 15 is 0 Å². The van der Waals surface area contributed by atoms with Crippen LogP contribution in [0.4, 0.5) is 9.18 Å². The van der Waals surface area contributed by atoms with Crippen molar-refractivity contribution in [3.8, 4) is 5.75 Å². The van der Waals surface area contributed by atoms with Gasteiger partial charge in [0.05, 0.1) is 17.3 Å². The summed E-state index contributed by atoms with van der Waals surface area (Å²) in [5.74, 6) is -2.92. The Kier molecular flexibility index (Phi) is 9.93. The molecule has 2 aromatic heterocycles. The molecular formula is C40H42FN5O9S. The van der Waals surface area contributed by atoms with Gasteiger partial charge in [0.2, 0.25) is 21.8 Å². The van der Waals surface area contributed by atoms with E-state index in [9.17, 15) is 32.0 Å². The first-order chi connectivity index (χ1) is 27.0. The van der Waals surface area contributed by atoms with Crippen LogP contribution in [-0.2, 0) is 29.1 Å². The Balaban J connectivity index is 1.16. The molecule has 8 rings (SSSR count). The number of aromatic nitrogens is 1. The lowest BCUT2D eigenvalue weighted by atomic mass is 10.1. The number of hydrogen-bond donors (Lipinski definition) is 3. The zero-order valence-corrected chi connectivity index (χ0v) is 31.3. The first-order valence-corrected chi connectivity index (χ1v) is 20.5. The summed E-state index contributed by atoms with van der Waals surface area (Å²) in [5, 5.41) is 5.88. The summed E-state index contributed by atoms with van der Waals surface area (Å²) in [6.45, 7) is 3.35. The van der Waals surface area contributed by atoms with E-state index in [0.29, 0.717) is 53.1 Å². The highest BCUT2D eigenvalue weighted by Crippen LogP contribution is 2.46. The highest BCUT2D eigenvalue weighted by Gasteiger charge is 2.62. The Morgan fingerprint density at radius 1 is 1.11 bits per heavy atom. The van der Waals surface area contributed by atoms with Gasteiger partial charge in [-0.25, -0.2) is 22.6 Å². The number of carbonyl (C=O) groups is 4. The monoisotopic (exact) mass is 787 g/mol. The first kappa shape index (κ1) is 37.4. The predicted molar refractivity (Wildman–Crippen MR) is 203 cm³/mol. The maximum absolute atomic E-state index is 14.8. The second-order valence-electron chi connectivity index (χ2n) is 15.0. The number of sulfonamides is 1. The number of furan rings is 1. The average Bonchev–Trinajstić information content (AvgIpc) is 4.08. The minimum atomic E-state index is -3.93. The van der Waals surface area contributed by atoms with Gasteiger partial charge in [0, 0.05) is 23.1 Å². The molecule has 5 atom stereocenters. The van der Waals surface area contributed by atoms with Crippen LogP contribution in [0.2, 0.25) is 0 Å². The molecule has 2 saturated carbocycles. The van der Waals surface area contributed by atoms with E-state index in [1.54, 1.807) is 6.07 Å². The summed E-state index contributed by atoms with van der Waals surface area (Å²) >= 11 is 0. The van der Waals surface area contributed by atoms with Crippen LogP contribution in [-0.4, -0.2) is 84.2 Å². The number of pyridine rings is 1. The summed E-state index contributed by atoms with van der Waals surface area (Å²) in [6.07, 6.45) is 7.42. The minimum Gasteiger partial charge on any atom is -0.484 e. The summed E-state index contributed by atoms with van der Waals surface area (Å²) < 4.78 is 60.7. The standard InChI is InChI=1S/C40H42FN5O9S/c1-2-18-53-39(50)43-30-12-7-5-3-4-6-10-23-21-40(23,38(49)45-56(51,52)26-15-16-26)44-36(47)31-20-25(22-46(31)37(30)48)54-34-28-19-24(41)14-17-29(28)42-33-27-11-8-9-13-32(27)55-35(33)34/h2,6,8-11,13-14,17,19,23,25-26,30-31H,1,3-5,7,12,15-16,18,20-22H2,(H,43,50)(H,44,47)(H,45,49)/b10-6-/t23-,25-,30+,31+,40-/m1/s1. The molecule has 56 heavy (non-hydrogen) atoms. The van der Waals surface area contributed by atoms with Gasteiger partial charge in [-0.15, -0.1) is 0 Å². The molecule has 4 heterocycles. The number of halogens is 1. The van der Waals surface area contributed by atoms with Crippen LogP contribution < -0.4 is 20.1 Å². The van der Waals surface area contributed by atoms with E-state index in [4.69, 9.17) is 18.9 Å². The maximum Gasteiger partial charge on any atom is 0.408 e. The number of rotatable bonds is 8. The number of amides is 4. The van der Waals surface area contributed by atoms with Crippen LogP contribution in [0.1, 0.15) is 57.8 Å². The summed E-state index contributed by atoms with van der Waals surface area (Å²) in [5.41, 5.74) is 0.150. The van der Waals surface area contributed by atoms with E-state index in [1.165, 1.54) is 29.2 Å². The molecule has 2 aliphatic heterocycles. The van der Waals surface area contributed by atoms with Gasteiger partial charge in [-0.2, -0.15) is 0 Å².